The Morgan fingerprint density at radius 1 is 1.17 bits per heavy atom. The van der Waals surface area contributed by atoms with E-state index in [1.54, 1.807) is 18.6 Å². The molecule has 0 aliphatic rings. The van der Waals surface area contributed by atoms with Crippen molar-refractivity contribution in [2.24, 2.45) is 0 Å². The molecule has 0 spiro atoms. The summed E-state index contributed by atoms with van der Waals surface area (Å²) in [5.74, 6) is 0. The van der Waals surface area contributed by atoms with Gasteiger partial charge in [0.2, 0.25) is 0 Å². The number of hydrogen-bond donors (Lipinski definition) is 2. The van der Waals surface area contributed by atoms with Gasteiger partial charge in [-0.15, -0.1) is 0 Å². The average molecular weight is 315 g/mol. The molecule has 2 atom stereocenters. The molecule has 0 fully saturated rings. The first-order valence-electron chi connectivity index (χ1n) is 8.02. The van der Waals surface area contributed by atoms with E-state index >= 15 is 0 Å². The lowest BCUT2D eigenvalue weighted by atomic mass is 10.1. The summed E-state index contributed by atoms with van der Waals surface area (Å²) < 4.78 is 1.89. The summed E-state index contributed by atoms with van der Waals surface area (Å²) in [5, 5.41) is 10.3. The number of amides is 2. The highest BCUT2D eigenvalue weighted by molar-refractivity contribution is 5.74. The lowest BCUT2D eigenvalue weighted by Crippen LogP contribution is -2.39. The molecule has 124 valence electrons. The van der Waals surface area contributed by atoms with E-state index in [-0.39, 0.29) is 18.1 Å². The predicted octanol–water partition coefficient (Wildman–Crippen LogP) is 3.37. The summed E-state index contributed by atoms with van der Waals surface area (Å²) in [4.78, 5) is 16.3. The van der Waals surface area contributed by atoms with Gasteiger partial charge >= 0.3 is 6.03 Å². The van der Waals surface area contributed by atoms with Gasteiger partial charge < -0.3 is 10.6 Å². The van der Waals surface area contributed by atoms with E-state index in [1.807, 2.05) is 36.9 Å². The van der Waals surface area contributed by atoms with Crippen LogP contribution >= 0.6 is 0 Å². The van der Waals surface area contributed by atoms with Gasteiger partial charge in [0.1, 0.15) is 0 Å². The van der Waals surface area contributed by atoms with Gasteiger partial charge in [0.05, 0.1) is 18.3 Å². The molecule has 2 aromatic heterocycles. The quantitative estimate of drug-likeness (QED) is 0.858. The molecular weight excluding hydrogens is 290 g/mol. The highest BCUT2D eigenvalue weighted by atomic mass is 16.2. The zero-order valence-corrected chi connectivity index (χ0v) is 14.2. The molecule has 0 aliphatic carbocycles. The van der Waals surface area contributed by atoms with E-state index < -0.39 is 0 Å². The Kier molecular flexibility index (Phi) is 5.73. The fourth-order valence-electron chi connectivity index (χ4n) is 2.36. The van der Waals surface area contributed by atoms with Crippen LogP contribution in [0.2, 0.25) is 0 Å². The normalized spacial score (nSPS) is 13.6. The number of pyridine rings is 1. The SMILES string of the molecule is CC[C@@H](NC(=O)N[C@@H](C)c1cnn(C(C)C)c1)c1ccncc1. The van der Waals surface area contributed by atoms with Crippen LogP contribution in [0, 0.1) is 0 Å². The fraction of sp³-hybridized carbons (Fsp3) is 0.471. The van der Waals surface area contributed by atoms with Crippen molar-refractivity contribution < 1.29 is 4.79 Å². The molecular formula is C17H25N5O. The minimum Gasteiger partial charge on any atom is -0.332 e. The first-order valence-corrected chi connectivity index (χ1v) is 8.02. The Balaban J connectivity index is 1.95. The summed E-state index contributed by atoms with van der Waals surface area (Å²) in [6.07, 6.45) is 8.05. The largest absolute Gasteiger partial charge is 0.332 e. The van der Waals surface area contributed by atoms with Gasteiger partial charge in [-0.3, -0.25) is 9.67 Å². The number of nitrogens with zero attached hydrogens (tertiary/aromatic N) is 3. The second-order valence-corrected chi connectivity index (χ2v) is 5.93. The maximum Gasteiger partial charge on any atom is 0.315 e. The predicted molar refractivity (Wildman–Crippen MR) is 90.0 cm³/mol. The van der Waals surface area contributed by atoms with Crippen molar-refractivity contribution >= 4 is 6.03 Å². The molecule has 0 saturated heterocycles. The van der Waals surface area contributed by atoms with Crippen LogP contribution in [0.5, 0.6) is 0 Å². The highest BCUT2D eigenvalue weighted by Gasteiger charge is 2.16. The summed E-state index contributed by atoms with van der Waals surface area (Å²) in [5.41, 5.74) is 2.05. The van der Waals surface area contributed by atoms with Crippen LogP contribution in [0.25, 0.3) is 0 Å². The zero-order chi connectivity index (χ0) is 16.8. The Hall–Kier alpha value is -2.37. The molecule has 2 aromatic rings. The van der Waals surface area contributed by atoms with Gasteiger partial charge in [0, 0.05) is 30.2 Å². The van der Waals surface area contributed by atoms with Crippen molar-refractivity contribution in [2.45, 2.75) is 52.2 Å². The van der Waals surface area contributed by atoms with E-state index in [0.717, 1.165) is 17.5 Å². The van der Waals surface area contributed by atoms with E-state index in [4.69, 9.17) is 0 Å². The number of nitrogens with one attached hydrogen (secondary N) is 2. The number of carbonyl (C=O) groups is 1. The van der Waals surface area contributed by atoms with Gasteiger partial charge in [0.15, 0.2) is 0 Å². The minimum atomic E-state index is -0.182. The second kappa shape index (κ2) is 7.76. The number of aromatic nitrogens is 3. The maximum absolute atomic E-state index is 12.2. The lowest BCUT2D eigenvalue weighted by molar-refractivity contribution is 0.233. The van der Waals surface area contributed by atoms with Gasteiger partial charge in [-0.25, -0.2) is 4.79 Å². The summed E-state index contributed by atoms with van der Waals surface area (Å²) in [7, 11) is 0. The first-order chi connectivity index (χ1) is 11.0. The first kappa shape index (κ1) is 17.0. The summed E-state index contributed by atoms with van der Waals surface area (Å²) >= 11 is 0. The van der Waals surface area contributed by atoms with Crippen LogP contribution in [0.4, 0.5) is 4.79 Å². The zero-order valence-electron chi connectivity index (χ0n) is 14.2. The molecule has 0 bridgehead atoms. The van der Waals surface area contributed by atoms with Crippen LogP contribution in [-0.2, 0) is 0 Å². The van der Waals surface area contributed by atoms with Gasteiger partial charge in [-0.2, -0.15) is 5.10 Å². The molecule has 2 rings (SSSR count). The van der Waals surface area contributed by atoms with Crippen molar-refractivity contribution in [2.75, 3.05) is 0 Å². The smallest absolute Gasteiger partial charge is 0.315 e. The number of urea groups is 1. The summed E-state index contributed by atoms with van der Waals surface area (Å²) in [6, 6.07) is 3.84. The third-order valence-corrected chi connectivity index (χ3v) is 3.82. The molecule has 0 saturated carbocycles. The molecule has 23 heavy (non-hydrogen) atoms. The molecule has 0 radical (unpaired) electrons. The van der Waals surface area contributed by atoms with Crippen molar-refractivity contribution in [3.63, 3.8) is 0 Å². The van der Waals surface area contributed by atoms with E-state index in [2.05, 4.69) is 34.6 Å². The van der Waals surface area contributed by atoms with Gasteiger partial charge in [-0.1, -0.05) is 6.92 Å². The Morgan fingerprint density at radius 2 is 1.87 bits per heavy atom. The maximum atomic E-state index is 12.2. The van der Waals surface area contributed by atoms with Crippen molar-refractivity contribution in [1.82, 2.24) is 25.4 Å². The van der Waals surface area contributed by atoms with Crippen LogP contribution in [0.15, 0.2) is 36.9 Å². The van der Waals surface area contributed by atoms with Gasteiger partial charge in [0.25, 0.3) is 0 Å². The number of rotatable bonds is 6. The topological polar surface area (TPSA) is 71.8 Å². The third kappa shape index (κ3) is 4.55. The molecule has 0 aliphatic heterocycles. The fourth-order valence-corrected chi connectivity index (χ4v) is 2.36. The van der Waals surface area contributed by atoms with E-state index in [0.29, 0.717) is 6.04 Å². The Labute approximate surface area is 137 Å². The van der Waals surface area contributed by atoms with Crippen molar-refractivity contribution in [3.8, 4) is 0 Å². The molecule has 0 aromatic carbocycles. The Bertz CT molecular complexity index is 623. The molecule has 2 N–H and O–H groups in total. The van der Waals surface area contributed by atoms with Crippen molar-refractivity contribution in [3.05, 3.63) is 48.0 Å². The van der Waals surface area contributed by atoms with Crippen LogP contribution in [-0.4, -0.2) is 20.8 Å². The van der Waals surface area contributed by atoms with Crippen LogP contribution in [0.3, 0.4) is 0 Å². The molecule has 6 heteroatoms. The lowest BCUT2D eigenvalue weighted by Gasteiger charge is -2.20. The molecule has 2 amide bonds. The van der Waals surface area contributed by atoms with Crippen LogP contribution in [0.1, 0.15) is 63.4 Å². The average Bonchev–Trinajstić information content (AvgIpc) is 3.04. The van der Waals surface area contributed by atoms with Gasteiger partial charge in [-0.05, 0) is 44.9 Å². The number of hydrogen-bond acceptors (Lipinski definition) is 3. The molecule has 2 heterocycles. The summed E-state index contributed by atoms with van der Waals surface area (Å²) in [6.45, 7) is 8.14. The van der Waals surface area contributed by atoms with E-state index in [9.17, 15) is 4.79 Å². The third-order valence-electron chi connectivity index (χ3n) is 3.82. The molecule has 0 unspecified atom stereocenters. The minimum absolute atomic E-state index is 0.0245. The molecule has 6 nitrogen and oxygen atoms in total. The second-order valence-electron chi connectivity index (χ2n) is 5.93. The number of carbonyl (C=O) groups excluding carboxylic acids is 1. The Morgan fingerprint density at radius 3 is 2.43 bits per heavy atom. The highest BCUT2D eigenvalue weighted by Crippen LogP contribution is 2.16. The van der Waals surface area contributed by atoms with E-state index in [1.165, 1.54) is 0 Å². The van der Waals surface area contributed by atoms with Crippen molar-refractivity contribution in [1.29, 1.82) is 0 Å². The monoisotopic (exact) mass is 315 g/mol. The van der Waals surface area contributed by atoms with Crippen LogP contribution < -0.4 is 10.6 Å². The standard InChI is InChI=1S/C17H25N5O/c1-5-16(14-6-8-18-9-7-14)21-17(23)20-13(4)15-10-19-22(11-15)12(2)3/h6-13,16H,5H2,1-4H3,(H2,20,21,23)/t13-,16+/m0/s1.